The second-order valence-electron chi connectivity index (χ2n) is 8.33. The molecule has 2 N–H and O–H groups in total. The number of aryl methyl sites for hydroxylation is 2. The van der Waals surface area contributed by atoms with Crippen molar-refractivity contribution in [1.82, 2.24) is 19.9 Å². The average Bonchev–Trinajstić information content (AvgIpc) is 2.77. The fourth-order valence-corrected chi connectivity index (χ4v) is 4.31. The summed E-state index contributed by atoms with van der Waals surface area (Å²) in [5, 5.41) is 19.9. The first-order valence-corrected chi connectivity index (χ1v) is 10.9. The molecule has 2 saturated heterocycles. The molecule has 2 fully saturated rings. The van der Waals surface area contributed by atoms with Crippen LogP contribution in [0.3, 0.4) is 0 Å². The van der Waals surface area contributed by atoms with E-state index >= 15 is 0 Å². The van der Waals surface area contributed by atoms with Gasteiger partial charge in [-0.15, -0.1) is 0 Å². The Morgan fingerprint density at radius 2 is 1.67 bits per heavy atom. The molecule has 0 unspecified atom stereocenters. The lowest BCUT2D eigenvalue weighted by molar-refractivity contribution is 0.240. The zero-order chi connectivity index (χ0) is 21.1. The van der Waals surface area contributed by atoms with E-state index in [9.17, 15) is 10.2 Å². The van der Waals surface area contributed by atoms with Gasteiger partial charge in [0, 0.05) is 69.3 Å². The third-order valence-electron chi connectivity index (χ3n) is 6.15. The molecule has 0 aromatic carbocycles. The standard InChI is InChI=1S/C22H32N6O2/c1-16-12-20(25-22(24-16)28-6-4-3-5-7-28)27-10-8-26(9-11-27)14-18-13-23-17(2)21(30)19(18)15-29/h12-13,29-30H,3-11,14-15H2,1-2H3. The predicted octanol–water partition coefficient (Wildman–Crippen LogP) is 2.00. The number of aromatic nitrogens is 3. The molecule has 0 radical (unpaired) electrons. The van der Waals surface area contributed by atoms with Gasteiger partial charge in [0.1, 0.15) is 11.6 Å². The van der Waals surface area contributed by atoms with Crippen molar-refractivity contribution < 1.29 is 10.2 Å². The van der Waals surface area contributed by atoms with Crippen LogP contribution in [0.5, 0.6) is 5.75 Å². The molecule has 30 heavy (non-hydrogen) atoms. The number of anilines is 2. The molecule has 0 amide bonds. The van der Waals surface area contributed by atoms with Gasteiger partial charge in [-0.3, -0.25) is 9.88 Å². The fourth-order valence-electron chi connectivity index (χ4n) is 4.31. The normalized spacial score (nSPS) is 18.1. The van der Waals surface area contributed by atoms with Crippen LogP contribution in [0.15, 0.2) is 12.3 Å². The summed E-state index contributed by atoms with van der Waals surface area (Å²) in [5.74, 6) is 1.98. The van der Waals surface area contributed by atoms with Crippen LogP contribution in [0.4, 0.5) is 11.8 Å². The molecule has 2 aliphatic rings. The largest absolute Gasteiger partial charge is 0.506 e. The van der Waals surface area contributed by atoms with Crippen LogP contribution in [0.1, 0.15) is 41.8 Å². The van der Waals surface area contributed by atoms with E-state index < -0.39 is 0 Å². The maximum Gasteiger partial charge on any atom is 0.227 e. The van der Waals surface area contributed by atoms with Gasteiger partial charge in [-0.05, 0) is 38.7 Å². The maximum absolute atomic E-state index is 10.2. The van der Waals surface area contributed by atoms with Gasteiger partial charge in [0.2, 0.25) is 5.95 Å². The van der Waals surface area contributed by atoms with Crippen LogP contribution in [0.2, 0.25) is 0 Å². The minimum absolute atomic E-state index is 0.107. The zero-order valence-electron chi connectivity index (χ0n) is 18.0. The Morgan fingerprint density at radius 1 is 0.933 bits per heavy atom. The van der Waals surface area contributed by atoms with Crippen molar-refractivity contribution in [3.63, 3.8) is 0 Å². The van der Waals surface area contributed by atoms with E-state index in [-0.39, 0.29) is 12.4 Å². The Labute approximate surface area is 178 Å². The summed E-state index contributed by atoms with van der Waals surface area (Å²) >= 11 is 0. The molecule has 8 heteroatoms. The highest BCUT2D eigenvalue weighted by Gasteiger charge is 2.22. The quantitative estimate of drug-likeness (QED) is 0.771. The third-order valence-corrected chi connectivity index (χ3v) is 6.15. The molecule has 162 valence electrons. The Kier molecular flexibility index (Phi) is 6.34. The monoisotopic (exact) mass is 412 g/mol. The molecule has 2 aromatic rings. The summed E-state index contributed by atoms with van der Waals surface area (Å²) < 4.78 is 0. The number of hydrogen-bond acceptors (Lipinski definition) is 8. The van der Waals surface area contributed by atoms with E-state index in [0.717, 1.165) is 62.3 Å². The maximum atomic E-state index is 10.2. The number of nitrogens with zero attached hydrogens (tertiary/aromatic N) is 6. The van der Waals surface area contributed by atoms with Crippen molar-refractivity contribution in [3.8, 4) is 5.75 Å². The molecular weight excluding hydrogens is 380 g/mol. The highest BCUT2D eigenvalue weighted by atomic mass is 16.3. The minimum Gasteiger partial charge on any atom is -0.506 e. The van der Waals surface area contributed by atoms with Crippen molar-refractivity contribution in [2.24, 2.45) is 0 Å². The molecule has 4 rings (SSSR count). The molecule has 4 heterocycles. The first-order valence-electron chi connectivity index (χ1n) is 10.9. The number of aliphatic hydroxyl groups excluding tert-OH is 1. The number of piperazine rings is 1. The van der Waals surface area contributed by atoms with Gasteiger partial charge >= 0.3 is 0 Å². The van der Waals surface area contributed by atoms with Crippen molar-refractivity contribution in [2.75, 3.05) is 49.1 Å². The molecule has 0 atom stereocenters. The van der Waals surface area contributed by atoms with E-state index in [2.05, 4.69) is 30.7 Å². The summed E-state index contributed by atoms with van der Waals surface area (Å²) in [6.07, 6.45) is 5.49. The first kappa shape index (κ1) is 20.8. The molecule has 2 aromatic heterocycles. The number of aromatic hydroxyl groups is 1. The number of pyridine rings is 1. The number of piperidine rings is 1. The van der Waals surface area contributed by atoms with Crippen molar-refractivity contribution >= 4 is 11.8 Å². The Balaban J connectivity index is 1.41. The van der Waals surface area contributed by atoms with Crippen LogP contribution < -0.4 is 9.80 Å². The van der Waals surface area contributed by atoms with Gasteiger partial charge in [0.15, 0.2) is 0 Å². The third kappa shape index (κ3) is 4.49. The van der Waals surface area contributed by atoms with Crippen LogP contribution in [0, 0.1) is 13.8 Å². The summed E-state index contributed by atoms with van der Waals surface area (Å²) in [7, 11) is 0. The molecular formula is C22H32N6O2. The Hall–Kier alpha value is -2.45. The van der Waals surface area contributed by atoms with Gasteiger partial charge in [-0.2, -0.15) is 4.98 Å². The smallest absolute Gasteiger partial charge is 0.227 e. The molecule has 0 saturated carbocycles. The van der Waals surface area contributed by atoms with Crippen molar-refractivity contribution in [3.05, 3.63) is 34.8 Å². The van der Waals surface area contributed by atoms with Gasteiger partial charge in [-0.25, -0.2) is 4.98 Å². The lowest BCUT2D eigenvalue weighted by atomic mass is 10.1. The van der Waals surface area contributed by atoms with E-state index in [1.165, 1.54) is 19.3 Å². The van der Waals surface area contributed by atoms with E-state index in [1.54, 1.807) is 13.1 Å². The number of hydrogen-bond donors (Lipinski definition) is 2. The number of rotatable bonds is 5. The van der Waals surface area contributed by atoms with Gasteiger partial charge < -0.3 is 20.0 Å². The van der Waals surface area contributed by atoms with E-state index in [4.69, 9.17) is 4.98 Å². The Bertz CT molecular complexity index is 876. The van der Waals surface area contributed by atoms with Crippen molar-refractivity contribution in [1.29, 1.82) is 0 Å². The van der Waals surface area contributed by atoms with Gasteiger partial charge in [0.25, 0.3) is 0 Å². The van der Waals surface area contributed by atoms with Gasteiger partial charge in [0.05, 0.1) is 12.3 Å². The zero-order valence-corrected chi connectivity index (χ0v) is 18.0. The highest BCUT2D eigenvalue weighted by molar-refractivity contribution is 5.46. The van der Waals surface area contributed by atoms with Gasteiger partial charge in [-0.1, -0.05) is 0 Å². The summed E-state index contributed by atoms with van der Waals surface area (Å²) in [4.78, 5) is 20.8. The SMILES string of the molecule is Cc1cc(N2CCN(Cc3cnc(C)c(O)c3CO)CC2)nc(N2CCCCC2)n1. The number of aliphatic hydroxyl groups is 1. The molecule has 0 bridgehead atoms. The minimum atomic E-state index is -0.177. The first-order chi connectivity index (χ1) is 14.5. The highest BCUT2D eigenvalue weighted by Crippen LogP contribution is 2.26. The van der Waals surface area contributed by atoms with E-state index in [0.29, 0.717) is 17.8 Å². The van der Waals surface area contributed by atoms with Crippen LogP contribution >= 0.6 is 0 Å². The lowest BCUT2D eigenvalue weighted by Crippen LogP contribution is -2.46. The average molecular weight is 413 g/mol. The summed E-state index contributed by atoms with van der Waals surface area (Å²) in [5.41, 5.74) is 3.04. The van der Waals surface area contributed by atoms with E-state index in [1.807, 2.05) is 6.92 Å². The molecule has 8 nitrogen and oxygen atoms in total. The molecule has 0 aliphatic carbocycles. The molecule has 2 aliphatic heterocycles. The van der Waals surface area contributed by atoms with Crippen LogP contribution in [-0.4, -0.2) is 69.3 Å². The Morgan fingerprint density at radius 3 is 2.37 bits per heavy atom. The second kappa shape index (κ2) is 9.14. The van der Waals surface area contributed by atoms with Crippen LogP contribution in [0.25, 0.3) is 0 Å². The van der Waals surface area contributed by atoms with Crippen LogP contribution in [-0.2, 0) is 13.2 Å². The topological polar surface area (TPSA) is 88.8 Å². The summed E-state index contributed by atoms with van der Waals surface area (Å²) in [6, 6.07) is 2.08. The predicted molar refractivity (Wildman–Crippen MR) is 117 cm³/mol. The van der Waals surface area contributed by atoms with Crippen molar-refractivity contribution in [2.45, 2.75) is 46.3 Å². The lowest BCUT2D eigenvalue weighted by Gasteiger charge is -2.36. The second-order valence-corrected chi connectivity index (χ2v) is 8.33. The fraction of sp³-hybridized carbons (Fsp3) is 0.591. The summed E-state index contributed by atoms with van der Waals surface area (Å²) in [6.45, 7) is 9.93. The molecule has 0 spiro atoms.